The molecule has 0 saturated carbocycles. The van der Waals surface area contributed by atoms with Crippen LogP contribution in [0.3, 0.4) is 0 Å². The largest absolute Gasteiger partial charge is 0.306 e. The molecule has 118 valence electrons. The molecule has 6 heteroatoms. The number of nitrogens with one attached hydrogen (secondary N) is 1. The number of anilines is 1. The molecule has 0 aromatic carbocycles. The molecule has 4 aromatic rings. The van der Waals surface area contributed by atoms with Gasteiger partial charge in [0.1, 0.15) is 17.2 Å². The molecule has 1 amide bonds. The SMILES string of the molecule is Cc1cncc(C(=O)Nc2c(-c3cccs3)nc3ccccn23)c1. The Morgan fingerprint density at radius 1 is 1.21 bits per heavy atom. The summed E-state index contributed by atoms with van der Waals surface area (Å²) in [6, 6.07) is 11.5. The molecule has 24 heavy (non-hydrogen) atoms. The molecule has 0 spiro atoms. The third kappa shape index (κ3) is 2.57. The molecule has 0 atom stereocenters. The highest BCUT2D eigenvalue weighted by molar-refractivity contribution is 7.13. The normalized spacial score (nSPS) is 10.9. The highest BCUT2D eigenvalue weighted by Crippen LogP contribution is 2.32. The fourth-order valence-electron chi connectivity index (χ4n) is 2.56. The lowest BCUT2D eigenvalue weighted by molar-refractivity contribution is 0.102. The lowest BCUT2D eigenvalue weighted by atomic mass is 10.2. The van der Waals surface area contributed by atoms with Crippen molar-refractivity contribution in [3.63, 3.8) is 0 Å². The molecule has 4 aromatic heterocycles. The smallest absolute Gasteiger partial charge is 0.258 e. The standard InChI is InChI=1S/C18H14N4OS/c1-12-9-13(11-19-10-12)18(23)21-17-16(14-5-4-8-24-14)20-15-6-2-3-7-22(15)17/h2-11H,1H3,(H,21,23). The van der Waals surface area contributed by atoms with Gasteiger partial charge in [-0.1, -0.05) is 12.1 Å². The van der Waals surface area contributed by atoms with Crippen molar-refractivity contribution in [3.8, 4) is 10.6 Å². The van der Waals surface area contributed by atoms with E-state index >= 15 is 0 Å². The van der Waals surface area contributed by atoms with Crippen molar-refractivity contribution in [1.29, 1.82) is 0 Å². The molecule has 0 radical (unpaired) electrons. The molecule has 4 heterocycles. The Labute approximate surface area is 142 Å². The number of carbonyl (C=O) groups is 1. The van der Waals surface area contributed by atoms with Crippen LogP contribution in [0.25, 0.3) is 16.2 Å². The monoisotopic (exact) mass is 334 g/mol. The number of carbonyl (C=O) groups excluding carboxylic acids is 1. The Morgan fingerprint density at radius 3 is 2.92 bits per heavy atom. The van der Waals surface area contributed by atoms with E-state index in [1.54, 1.807) is 23.7 Å². The summed E-state index contributed by atoms with van der Waals surface area (Å²) in [4.78, 5) is 22.4. The fourth-order valence-corrected chi connectivity index (χ4v) is 3.27. The van der Waals surface area contributed by atoms with Crippen LogP contribution < -0.4 is 5.32 Å². The summed E-state index contributed by atoms with van der Waals surface area (Å²) < 4.78 is 1.89. The summed E-state index contributed by atoms with van der Waals surface area (Å²) >= 11 is 1.59. The highest BCUT2D eigenvalue weighted by Gasteiger charge is 2.17. The van der Waals surface area contributed by atoms with Gasteiger partial charge in [0, 0.05) is 18.6 Å². The van der Waals surface area contributed by atoms with Gasteiger partial charge in [-0.2, -0.15) is 0 Å². The number of fused-ring (bicyclic) bond motifs is 1. The highest BCUT2D eigenvalue weighted by atomic mass is 32.1. The van der Waals surface area contributed by atoms with Crippen LogP contribution in [0.1, 0.15) is 15.9 Å². The number of hydrogen-bond acceptors (Lipinski definition) is 4. The molecule has 0 aliphatic rings. The number of thiophene rings is 1. The molecular formula is C18H14N4OS. The first-order valence-corrected chi connectivity index (χ1v) is 8.34. The Hall–Kier alpha value is -2.99. The van der Waals surface area contributed by atoms with Gasteiger partial charge in [-0.3, -0.25) is 14.2 Å². The zero-order valence-corrected chi connectivity index (χ0v) is 13.7. The fraction of sp³-hybridized carbons (Fsp3) is 0.0556. The van der Waals surface area contributed by atoms with E-state index in [0.717, 1.165) is 21.8 Å². The Bertz CT molecular complexity index is 1020. The molecule has 4 rings (SSSR count). The van der Waals surface area contributed by atoms with Crippen molar-refractivity contribution in [2.75, 3.05) is 5.32 Å². The quantitative estimate of drug-likeness (QED) is 0.615. The number of aromatic nitrogens is 3. The summed E-state index contributed by atoms with van der Waals surface area (Å²) in [6.07, 6.45) is 5.18. The number of aryl methyl sites for hydroxylation is 1. The van der Waals surface area contributed by atoms with Gasteiger partial charge in [0.25, 0.3) is 5.91 Å². The number of rotatable bonds is 3. The van der Waals surface area contributed by atoms with Crippen molar-refractivity contribution < 1.29 is 4.79 Å². The lowest BCUT2D eigenvalue weighted by Gasteiger charge is -2.07. The Kier molecular flexibility index (Phi) is 3.59. The van der Waals surface area contributed by atoms with E-state index in [0.29, 0.717) is 11.4 Å². The van der Waals surface area contributed by atoms with Gasteiger partial charge in [-0.15, -0.1) is 11.3 Å². The molecular weight excluding hydrogens is 320 g/mol. The molecule has 0 aliphatic heterocycles. The minimum absolute atomic E-state index is 0.199. The molecule has 0 bridgehead atoms. The molecule has 0 unspecified atom stereocenters. The topological polar surface area (TPSA) is 59.3 Å². The van der Waals surface area contributed by atoms with Crippen LogP contribution >= 0.6 is 11.3 Å². The van der Waals surface area contributed by atoms with Crippen LogP contribution in [0.15, 0.2) is 60.4 Å². The zero-order chi connectivity index (χ0) is 16.5. The molecule has 1 N–H and O–H groups in total. The predicted molar refractivity (Wildman–Crippen MR) is 95.4 cm³/mol. The van der Waals surface area contributed by atoms with Crippen LogP contribution in [-0.4, -0.2) is 20.3 Å². The van der Waals surface area contributed by atoms with E-state index in [1.807, 2.05) is 59.3 Å². The van der Waals surface area contributed by atoms with Gasteiger partial charge >= 0.3 is 0 Å². The number of hydrogen-bond donors (Lipinski definition) is 1. The molecule has 0 saturated heterocycles. The second-order valence-corrected chi connectivity index (χ2v) is 6.37. The second-order valence-electron chi connectivity index (χ2n) is 5.42. The maximum Gasteiger partial charge on any atom is 0.258 e. The van der Waals surface area contributed by atoms with Gasteiger partial charge in [0.2, 0.25) is 0 Å². The molecule has 0 aliphatic carbocycles. The van der Waals surface area contributed by atoms with E-state index in [2.05, 4.69) is 15.3 Å². The average molecular weight is 334 g/mol. The second kappa shape index (κ2) is 5.90. The van der Waals surface area contributed by atoms with Crippen molar-refractivity contribution in [1.82, 2.24) is 14.4 Å². The van der Waals surface area contributed by atoms with Gasteiger partial charge < -0.3 is 5.32 Å². The van der Waals surface area contributed by atoms with E-state index in [-0.39, 0.29) is 5.91 Å². The summed E-state index contributed by atoms with van der Waals surface area (Å²) in [5.41, 5.74) is 3.03. The van der Waals surface area contributed by atoms with Crippen LogP contribution in [0.4, 0.5) is 5.82 Å². The third-order valence-corrected chi connectivity index (χ3v) is 4.53. The Balaban J connectivity index is 1.80. The van der Waals surface area contributed by atoms with E-state index < -0.39 is 0 Å². The van der Waals surface area contributed by atoms with Crippen LogP contribution in [-0.2, 0) is 0 Å². The zero-order valence-electron chi connectivity index (χ0n) is 12.9. The van der Waals surface area contributed by atoms with Gasteiger partial charge in [-0.25, -0.2) is 4.98 Å². The first-order valence-electron chi connectivity index (χ1n) is 7.46. The number of nitrogens with zero attached hydrogens (tertiary/aromatic N) is 3. The van der Waals surface area contributed by atoms with Gasteiger partial charge in [-0.05, 0) is 42.1 Å². The summed E-state index contributed by atoms with van der Waals surface area (Å²) in [7, 11) is 0. The van der Waals surface area contributed by atoms with Crippen molar-refractivity contribution >= 4 is 28.7 Å². The molecule has 5 nitrogen and oxygen atoms in total. The maximum absolute atomic E-state index is 12.6. The Morgan fingerprint density at radius 2 is 2.12 bits per heavy atom. The van der Waals surface area contributed by atoms with Crippen LogP contribution in [0, 0.1) is 6.92 Å². The molecule has 0 fully saturated rings. The average Bonchev–Trinajstić information content (AvgIpc) is 3.23. The van der Waals surface area contributed by atoms with Crippen molar-refractivity contribution in [2.45, 2.75) is 6.92 Å². The number of pyridine rings is 2. The van der Waals surface area contributed by atoms with E-state index in [4.69, 9.17) is 0 Å². The van der Waals surface area contributed by atoms with E-state index in [1.165, 1.54) is 0 Å². The third-order valence-electron chi connectivity index (χ3n) is 3.65. The van der Waals surface area contributed by atoms with Crippen molar-refractivity contribution in [3.05, 3.63) is 71.5 Å². The first kappa shape index (κ1) is 14.6. The van der Waals surface area contributed by atoms with Crippen LogP contribution in [0.2, 0.25) is 0 Å². The lowest BCUT2D eigenvalue weighted by Crippen LogP contribution is -2.14. The van der Waals surface area contributed by atoms with E-state index in [9.17, 15) is 4.79 Å². The van der Waals surface area contributed by atoms with Crippen molar-refractivity contribution in [2.24, 2.45) is 0 Å². The minimum Gasteiger partial charge on any atom is -0.306 e. The first-order chi connectivity index (χ1) is 11.7. The number of amides is 1. The summed E-state index contributed by atoms with van der Waals surface area (Å²) in [5.74, 6) is 0.467. The van der Waals surface area contributed by atoms with Gasteiger partial charge in [0.05, 0.1) is 10.4 Å². The van der Waals surface area contributed by atoms with Crippen LogP contribution in [0.5, 0.6) is 0 Å². The summed E-state index contributed by atoms with van der Waals surface area (Å²) in [6.45, 7) is 1.91. The predicted octanol–water partition coefficient (Wildman–Crippen LogP) is 4.02. The minimum atomic E-state index is -0.199. The number of imidazole rings is 1. The summed E-state index contributed by atoms with van der Waals surface area (Å²) in [5, 5.41) is 4.99. The maximum atomic E-state index is 12.6. The van der Waals surface area contributed by atoms with Gasteiger partial charge in [0.15, 0.2) is 0 Å².